The molecule has 0 aliphatic carbocycles. The van der Waals surface area contributed by atoms with Gasteiger partial charge < -0.3 is 0 Å². The lowest BCUT2D eigenvalue weighted by atomic mass is 10.1. The monoisotopic (exact) mass is 242 g/mol. The van der Waals surface area contributed by atoms with Gasteiger partial charge in [0.1, 0.15) is 11.0 Å². The average molecular weight is 243 g/mol. The quantitative estimate of drug-likeness (QED) is 0.435. The fourth-order valence-electron chi connectivity index (χ4n) is 1.36. The van der Waals surface area contributed by atoms with Gasteiger partial charge in [-0.05, 0) is 24.8 Å². The Balaban J connectivity index is 2.90. The molecule has 2 nitrogen and oxygen atoms in total. The van der Waals surface area contributed by atoms with Crippen molar-refractivity contribution in [2.24, 2.45) is 0 Å². The lowest BCUT2D eigenvalue weighted by Crippen LogP contribution is -1.94. The van der Waals surface area contributed by atoms with Crippen LogP contribution >= 0.6 is 23.4 Å². The summed E-state index contributed by atoms with van der Waals surface area (Å²) in [5.74, 6) is -0.381. The van der Waals surface area contributed by atoms with Gasteiger partial charge in [-0.25, -0.2) is 14.4 Å². The van der Waals surface area contributed by atoms with Crippen LogP contribution in [0.15, 0.2) is 17.3 Å². The molecule has 0 bridgehead atoms. The molecule has 1 aromatic carbocycles. The number of fused-ring (bicyclic) bond motifs is 1. The van der Waals surface area contributed by atoms with E-state index in [1.807, 2.05) is 13.2 Å². The predicted molar refractivity (Wildman–Crippen MR) is 61.0 cm³/mol. The minimum absolute atomic E-state index is 0.172. The van der Waals surface area contributed by atoms with Crippen LogP contribution in [-0.2, 0) is 0 Å². The molecule has 0 unspecified atom stereocenters. The third-order valence-corrected chi connectivity index (χ3v) is 2.94. The molecule has 78 valence electrons. The number of halogens is 2. The zero-order valence-electron chi connectivity index (χ0n) is 8.21. The summed E-state index contributed by atoms with van der Waals surface area (Å²) in [6, 6.07) is 3.07. The van der Waals surface area contributed by atoms with Crippen LogP contribution in [0.4, 0.5) is 4.39 Å². The molecule has 0 radical (unpaired) electrons. The molecule has 0 amide bonds. The van der Waals surface area contributed by atoms with E-state index in [2.05, 4.69) is 9.97 Å². The first kappa shape index (κ1) is 10.6. The molecule has 2 rings (SSSR count). The van der Waals surface area contributed by atoms with Crippen LogP contribution in [0.2, 0.25) is 5.15 Å². The van der Waals surface area contributed by atoms with Gasteiger partial charge >= 0.3 is 0 Å². The van der Waals surface area contributed by atoms with Gasteiger partial charge in [0.2, 0.25) is 0 Å². The zero-order chi connectivity index (χ0) is 11.0. The Morgan fingerprint density at radius 2 is 2.07 bits per heavy atom. The van der Waals surface area contributed by atoms with Crippen LogP contribution in [-0.4, -0.2) is 16.2 Å². The summed E-state index contributed by atoms with van der Waals surface area (Å²) in [7, 11) is 0. The van der Waals surface area contributed by atoms with Gasteiger partial charge in [0, 0.05) is 0 Å². The first-order valence-electron chi connectivity index (χ1n) is 4.30. The topological polar surface area (TPSA) is 25.8 Å². The number of nitrogens with zero attached hydrogens (tertiary/aromatic N) is 2. The van der Waals surface area contributed by atoms with E-state index in [9.17, 15) is 4.39 Å². The molecule has 0 spiro atoms. The van der Waals surface area contributed by atoms with Gasteiger partial charge in [0.05, 0.1) is 10.9 Å². The van der Waals surface area contributed by atoms with Crippen molar-refractivity contribution in [3.05, 3.63) is 28.7 Å². The first-order chi connectivity index (χ1) is 7.13. The van der Waals surface area contributed by atoms with E-state index in [1.165, 1.54) is 17.8 Å². The van der Waals surface area contributed by atoms with Gasteiger partial charge in [-0.15, -0.1) is 0 Å². The van der Waals surface area contributed by atoms with E-state index in [0.29, 0.717) is 16.1 Å². The van der Waals surface area contributed by atoms with E-state index >= 15 is 0 Å². The Kier molecular flexibility index (Phi) is 2.80. The van der Waals surface area contributed by atoms with Crippen molar-refractivity contribution in [1.82, 2.24) is 9.97 Å². The number of benzene rings is 1. The molecule has 2 aromatic rings. The molecule has 0 atom stereocenters. The standard InChI is InChI=1S/C10H8ClFN2S/c1-5-3-4-6(12)7-8(5)13-10(15-2)14-9(7)11/h3-4H,1-2H3. The highest BCUT2D eigenvalue weighted by Gasteiger charge is 2.11. The Hall–Kier alpha value is -0.870. The number of aryl methyl sites for hydroxylation is 1. The SMILES string of the molecule is CSc1nc(Cl)c2c(F)ccc(C)c2n1. The van der Waals surface area contributed by atoms with Gasteiger partial charge in [0.25, 0.3) is 0 Å². The molecule has 0 aliphatic heterocycles. The van der Waals surface area contributed by atoms with Gasteiger partial charge in [-0.2, -0.15) is 0 Å². The minimum Gasteiger partial charge on any atom is -0.222 e. The van der Waals surface area contributed by atoms with Crippen molar-refractivity contribution in [3.63, 3.8) is 0 Å². The van der Waals surface area contributed by atoms with Gasteiger partial charge in [-0.1, -0.05) is 29.4 Å². The summed E-state index contributed by atoms with van der Waals surface area (Å²) in [4.78, 5) is 8.24. The molecule has 5 heteroatoms. The minimum atomic E-state index is -0.381. The van der Waals surface area contributed by atoms with E-state index in [-0.39, 0.29) is 11.0 Å². The normalized spacial score (nSPS) is 10.9. The number of hydrogen-bond acceptors (Lipinski definition) is 3. The number of rotatable bonds is 1. The maximum atomic E-state index is 13.5. The molecule has 1 aromatic heterocycles. The lowest BCUT2D eigenvalue weighted by Gasteiger charge is -2.05. The highest BCUT2D eigenvalue weighted by Crippen LogP contribution is 2.27. The third kappa shape index (κ3) is 1.79. The second-order valence-electron chi connectivity index (χ2n) is 3.09. The molecular formula is C10H8ClFN2S. The lowest BCUT2D eigenvalue weighted by molar-refractivity contribution is 0.638. The Morgan fingerprint density at radius 1 is 1.33 bits per heavy atom. The summed E-state index contributed by atoms with van der Waals surface area (Å²) >= 11 is 7.30. The summed E-state index contributed by atoms with van der Waals surface area (Å²) in [5.41, 5.74) is 1.48. The Bertz CT molecular complexity index is 530. The van der Waals surface area contributed by atoms with Crippen LogP contribution in [0, 0.1) is 12.7 Å². The fourth-order valence-corrected chi connectivity index (χ4v) is 2.04. The number of aromatic nitrogens is 2. The zero-order valence-corrected chi connectivity index (χ0v) is 9.79. The van der Waals surface area contributed by atoms with Crippen molar-refractivity contribution < 1.29 is 4.39 Å². The van der Waals surface area contributed by atoms with E-state index in [1.54, 1.807) is 6.07 Å². The second-order valence-corrected chi connectivity index (χ2v) is 4.22. The first-order valence-corrected chi connectivity index (χ1v) is 5.90. The molecule has 0 saturated heterocycles. The van der Waals surface area contributed by atoms with Crippen LogP contribution in [0.1, 0.15) is 5.56 Å². The molecule has 15 heavy (non-hydrogen) atoms. The van der Waals surface area contributed by atoms with Crippen molar-refractivity contribution in [2.45, 2.75) is 12.1 Å². The maximum absolute atomic E-state index is 13.5. The summed E-state index contributed by atoms with van der Waals surface area (Å²) in [5, 5.41) is 1.03. The van der Waals surface area contributed by atoms with E-state index in [4.69, 9.17) is 11.6 Å². The van der Waals surface area contributed by atoms with Crippen LogP contribution in [0.3, 0.4) is 0 Å². The summed E-state index contributed by atoms with van der Waals surface area (Å²) in [6.07, 6.45) is 1.85. The Labute approximate surface area is 95.9 Å². The Morgan fingerprint density at radius 3 is 2.73 bits per heavy atom. The smallest absolute Gasteiger partial charge is 0.189 e. The van der Waals surface area contributed by atoms with E-state index in [0.717, 1.165) is 5.56 Å². The molecular weight excluding hydrogens is 235 g/mol. The molecule has 0 aliphatic rings. The number of hydrogen-bond donors (Lipinski definition) is 0. The third-order valence-electron chi connectivity index (χ3n) is 2.12. The maximum Gasteiger partial charge on any atom is 0.189 e. The van der Waals surface area contributed by atoms with Crippen LogP contribution < -0.4 is 0 Å². The number of thioether (sulfide) groups is 1. The summed E-state index contributed by atoms with van der Waals surface area (Å²) in [6.45, 7) is 1.87. The van der Waals surface area contributed by atoms with Crippen molar-refractivity contribution in [2.75, 3.05) is 6.26 Å². The van der Waals surface area contributed by atoms with Crippen molar-refractivity contribution >= 4 is 34.3 Å². The van der Waals surface area contributed by atoms with Crippen LogP contribution in [0.5, 0.6) is 0 Å². The fraction of sp³-hybridized carbons (Fsp3) is 0.200. The van der Waals surface area contributed by atoms with E-state index < -0.39 is 0 Å². The largest absolute Gasteiger partial charge is 0.222 e. The van der Waals surface area contributed by atoms with Crippen LogP contribution in [0.25, 0.3) is 10.9 Å². The molecule has 0 saturated carbocycles. The molecule has 1 heterocycles. The van der Waals surface area contributed by atoms with Crippen molar-refractivity contribution in [3.8, 4) is 0 Å². The second kappa shape index (κ2) is 3.94. The average Bonchev–Trinajstić information content (AvgIpc) is 2.23. The highest BCUT2D eigenvalue weighted by molar-refractivity contribution is 7.98. The predicted octanol–water partition coefficient (Wildman–Crippen LogP) is 3.45. The molecule has 0 fully saturated rings. The molecule has 0 N–H and O–H groups in total. The van der Waals surface area contributed by atoms with Gasteiger partial charge in [-0.3, -0.25) is 0 Å². The van der Waals surface area contributed by atoms with Gasteiger partial charge in [0.15, 0.2) is 5.16 Å². The summed E-state index contributed by atoms with van der Waals surface area (Å²) < 4.78 is 13.5. The van der Waals surface area contributed by atoms with Crippen molar-refractivity contribution in [1.29, 1.82) is 0 Å². The highest BCUT2D eigenvalue weighted by atomic mass is 35.5.